The van der Waals surface area contributed by atoms with E-state index in [-0.39, 0.29) is 6.61 Å². The highest BCUT2D eigenvalue weighted by Crippen LogP contribution is 2.45. The molecule has 5 atom stereocenters. The number of hydrogen-bond donors (Lipinski definition) is 4. The maximum absolute atomic E-state index is 11.3. The topological polar surface area (TPSA) is 155 Å². The van der Waals surface area contributed by atoms with E-state index in [2.05, 4.69) is 30.9 Å². The summed E-state index contributed by atoms with van der Waals surface area (Å²) in [4.78, 5) is 12.8. The lowest BCUT2D eigenvalue weighted by molar-refractivity contribution is -0.0891. The normalized spacial score (nSPS) is 28.7. The monoisotopic (exact) mass is 526 g/mol. The summed E-state index contributed by atoms with van der Waals surface area (Å²) in [6.45, 7) is 1.85. The van der Waals surface area contributed by atoms with Gasteiger partial charge in [0.25, 0.3) is 0 Å². The fourth-order valence-corrected chi connectivity index (χ4v) is 5.43. The Morgan fingerprint density at radius 1 is 1.24 bits per heavy atom. The minimum atomic E-state index is -1.55. The lowest BCUT2D eigenvalue weighted by Gasteiger charge is -2.24. The second-order valence-corrected chi connectivity index (χ2v) is 9.85. The Morgan fingerprint density at radius 2 is 2.06 bits per heavy atom. The molecule has 2 aliphatic rings. The molecule has 2 aliphatic heterocycles. The highest BCUT2D eigenvalue weighted by atomic mass is 79.9. The number of fused-ring (bicyclic) bond motifs is 3. The van der Waals surface area contributed by atoms with Gasteiger partial charge in [-0.2, -0.15) is 0 Å². The van der Waals surface area contributed by atoms with E-state index in [4.69, 9.17) is 20.9 Å². The van der Waals surface area contributed by atoms with Crippen LogP contribution in [0.5, 0.6) is 0 Å². The van der Waals surface area contributed by atoms with Crippen LogP contribution in [0, 0.1) is 6.92 Å². The largest absolute Gasteiger partial charge is 0.385 e. The molecule has 34 heavy (non-hydrogen) atoms. The molecule has 0 radical (unpaired) electrons. The van der Waals surface area contributed by atoms with Crippen LogP contribution >= 0.6 is 15.9 Å². The van der Waals surface area contributed by atoms with Gasteiger partial charge >= 0.3 is 0 Å². The Bertz CT molecular complexity index is 1440. The highest BCUT2D eigenvalue weighted by Gasteiger charge is 2.63. The lowest BCUT2D eigenvalue weighted by Crippen LogP contribution is -2.48. The van der Waals surface area contributed by atoms with Crippen molar-refractivity contribution in [2.24, 2.45) is 0 Å². The van der Waals surface area contributed by atoms with Crippen molar-refractivity contribution in [2.45, 2.75) is 43.5 Å². The summed E-state index contributed by atoms with van der Waals surface area (Å²) in [5, 5.41) is 24.1. The number of nitrogen functional groups attached to an aromatic ring is 2. The fraction of sp³-hybridized carbons (Fsp3) is 0.348. The maximum Gasteiger partial charge on any atom is 0.164 e. The molecule has 6 N–H and O–H groups in total. The summed E-state index contributed by atoms with van der Waals surface area (Å²) in [6, 6.07) is 7.82. The number of nitrogens with two attached hydrogens (primary N) is 2. The van der Waals surface area contributed by atoms with Crippen molar-refractivity contribution in [3.63, 3.8) is 0 Å². The van der Waals surface area contributed by atoms with Gasteiger partial charge < -0.3 is 35.7 Å². The molecule has 4 aromatic rings. The Balaban J connectivity index is 1.31. The molecule has 0 bridgehead atoms. The van der Waals surface area contributed by atoms with E-state index in [9.17, 15) is 10.2 Å². The van der Waals surface area contributed by atoms with Crippen LogP contribution in [0.2, 0.25) is 0 Å². The van der Waals surface area contributed by atoms with Gasteiger partial charge in [0.2, 0.25) is 0 Å². The molecule has 0 saturated carbocycles. The molecule has 2 fully saturated rings. The summed E-state index contributed by atoms with van der Waals surface area (Å²) < 4.78 is 14.6. The van der Waals surface area contributed by atoms with Gasteiger partial charge in [0.15, 0.2) is 6.23 Å². The molecule has 0 spiro atoms. The summed E-state index contributed by atoms with van der Waals surface area (Å²) in [5.41, 5.74) is 13.5. The smallest absolute Gasteiger partial charge is 0.164 e. The SMILES string of the molecule is Cc1cn([C@@H]2O[C@@H]3[C@H](Cc4ccc5cc(Br)c(N)nc5c4)OC[C@]3(O)C2O)c2ncnc(N)c12. The van der Waals surface area contributed by atoms with Gasteiger partial charge in [-0.05, 0) is 46.1 Å². The predicted octanol–water partition coefficient (Wildman–Crippen LogP) is 1.85. The van der Waals surface area contributed by atoms with Crippen LogP contribution in [0.1, 0.15) is 17.4 Å². The molecule has 1 aromatic carbocycles. The van der Waals surface area contributed by atoms with Crippen molar-refractivity contribution >= 4 is 49.5 Å². The van der Waals surface area contributed by atoms with Crippen LogP contribution in [0.25, 0.3) is 21.9 Å². The number of ether oxygens (including phenoxy) is 2. The Hall–Kier alpha value is -2.83. The van der Waals surface area contributed by atoms with Crippen LogP contribution in [-0.2, 0) is 15.9 Å². The Labute approximate surface area is 202 Å². The van der Waals surface area contributed by atoms with Crippen LogP contribution < -0.4 is 11.5 Å². The van der Waals surface area contributed by atoms with E-state index in [1.54, 1.807) is 10.8 Å². The number of rotatable bonds is 3. The molecule has 1 unspecified atom stereocenters. The molecule has 3 aromatic heterocycles. The number of aliphatic hydroxyl groups excluding tert-OH is 1. The quantitative estimate of drug-likeness (QED) is 0.313. The van der Waals surface area contributed by atoms with Crippen LogP contribution in [0.4, 0.5) is 11.6 Å². The molecular weight excluding hydrogens is 504 g/mol. The van der Waals surface area contributed by atoms with Gasteiger partial charge in [0.1, 0.15) is 41.4 Å². The minimum Gasteiger partial charge on any atom is -0.385 e. The van der Waals surface area contributed by atoms with Crippen molar-refractivity contribution in [3.8, 4) is 0 Å². The van der Waals surface area contributed by atoms with Crippen LogP contribution in [0.15, 0.2) is 41.3 Å². The molecule has 176 valence electrons. The van der Waals surface area contributed by atoms with Crippen molar-refractivity contribution in [1.29, 1.82) is 0 Å². The van der Waals surface area contributed by atoms with Crippen molar-refractivity contribution in [2.75, 3.05) is 18.1 Å². The molecule has 0 amide bonds. The molecule has 11 heteroatoms. The zero-order valence-corrected chi connectivity index (χ0v) is 19.8. The number of halogens is 1. The fourth-order valence-electron chi connectivity index (χ4n) is 5.10. The first-order valence-electron chi connectivity index (χ1n) is 10.9. The van der Waals surface area contributed by atoms with Crippen LogP contribution in [-0.4, -0.2) is 60.3 Å². The number of pyridine rings is 1. The van der Waals surface area contributed by atoms with Crippen molar-refractivity contribution in [3.05, 3.63) is 52.4 Å². The minimum absolute atomic E-state index is 0.0406. The first-order chi connectivity index (χ1) is 16.3. The second kappa shape index (κ2) is 7.59. The Morgan fingerprint density at radius 3 is 2.88 bits per heavy atom. The molecule has 10 nitrogen and oxygen atoms in total. The van der Waals surface area contributed by atoms with Gasteiger partial charge in [-0.1, -0.05) is 12.1 Å². The predicted molar refractivity (Wildman–Crippen MR) is 129 cm³/mol. The summed E-state index contributed by atoms with van der Waals surface area (Å²) in [7, 11) is 0. The number of nitrogens with zero attached hydrogens (tertiary/aromatic N) is 4. The summed E-state index contributed by atoms with van der Waals surface area (Å²) in [6.07, 6.45) is 0.393. The van der Waals surface area contributed by atoms with Crippen LogP contribution in [0.3, 0.4) is 0 Å². The zero-order chi connectivity index (χ0) is 23.8. The lowest BCUT2D eigenvalue weighted by atomic mass is 9.90. The van der Waals surface area contributed by atoms with Gasteiger partial charge in [0, 0.05) is 18.0 Å². The van der Waals surface area contributed by atoms with Crippen molar-refractivity contribution in [1.82, 2.24) is 19.5 Å². The number of aromatic nitrogens is 4. The number of anilines is 2. The first kappa shape index (κ1) is 21.7. The van der Waals surface area contributed by atoms with E-state index in [0.29, 0.717) is 29.1 Å². The van der Waals surface area contributed by atoms with Gasteiger partial charge in [-0.3, -0.25) is 0 Å². The van der Waals surface area contributed by atoms with Gasteiger partial charge in [0.05, 0.1) is 28.1 Å². The third-order valence-corrected chi connectivity index (χ3v) is 7.46. The standard InChI is InChI=1S/C23H23BrN6O4/c1-10-7-30(21-16(10)20(26)27-9-28-21)22-17(31)23(32)8-33-15(18(23)34-22)5-11-2-3-12-6-13(24)19(25)29-14(12)4-11/h2-4,6-7,9,15,17-18,22,31-32H,5,8H2,1H3,(H2,25,29)(H2,26,27,28)/t15-,17?,18+,22+,23-/m0/s1. The highest BCUT2D eigenvalue weighted by molar-refractivity contribution is 9.10. The molecular formula is C23H23BrN6O4. The molecule has 5 heterocycles. The second-order valence-electron chi connectivity index (χ2n) is 9.00. The van der Waals surface area contributed by atoms with Gasteiger partial charge in [-0.25, -0.2) is 15.0 Å². The third-order valence-electron chi connectivity index (χ3n) is 6.83. The molecule has 0 aliphatic carbocycles. The van der Waals surface area contributed by atoms with E-state index in [1.165, 1.54) is 6.33 Å². The number of benzene rings is 1. The van der Waals surface area contributed by atoms with E-state index >= 15 is 0 Å². The summed E-state index contributed by atoms with van der Waals surface area (Å²) in [5.74, 6) is 0.770. The first-order valence-corrected chi connectivity index (χ1v) is 11.7. The molecule has 6 rings (SSSR count). The van der Waals surface area contributed by atoms with E-state index < -0.39 is 30.1 Å². The average Bonchev–Trinajstić information content (AvgIpc) is 3.39. The van der Waals surface area contributed by atoms with Crippen molar-refractivity contribution < 1.29 is 19.7 Å². The average molecular weight is 527 g/mol. The third kappa shape index (κ3) is 3.12. The van der Waals surface area contributed by atoms with Gasteiger partial charge in [-0.15, -0.1) is 0 Å². The number of aryl methyl sites for hydroxylation is 1. The van der Waals surface area contributed by atoms with E-state index in [1.807, 2.05) is 31.2 Å². The zero-order valence-electron chi connectivity index (χ0n) is 18.2. The number of hydrogen-bond acceptors (Lipinski definition) is 9. The van der Waals surface area contributed by atoms with E-state index in [0.717, 1.165) is 26.5 Å². The Kier molecular flexibility index (Phi) is 4.84. The maximum atomic E-state index is 11.3. The number of aliphatic hydroxyl groups is 2. The molecule has 2 saturated heterocycles. The summed E-state index contributed by atoms with van der Waals surface area (Å²) >= 11 is 3.40.